The van der Waals surface area contributed by atoms with Crippen molar-refractivity contribution < 1.29 is 35.2 Å². The maximum atomic E-state index is 13.5. The Morgan fingerprint density at radius 1 is 0.520 bits per heavy atom. The molecule has 266 valence electrons. The van der Waals surface area contributed by atoms with Gasteiger partial charge in [-0.25, -0.2) is 25.6 Å². The average Bonchev–Trinajstić information content (AvgIpc) is 3.08. The van der Waals surface area contributed by atoms with Crippen LogP contribution in [0.5, 0.6) is 0 Å². The van der Waals surface area contributed by atoms with Crippen molar-refractivity contribution in [2.75, 3.05) is 34.8 Å². The standard InChI is InChI=1S/C36H40F2N4O6S2/c1-27-7-15-31(16-8-27)41(49(45,46)33-19-11-29(37)12-20-33)25-35(43)39-23-5-3-4-6-24-40-36(44)26-42(32-17-9-28(2)10-18-32)50(47,48)34-21-13-30(38)14-22-34/h7-22H,3-6,23-26H2,1-2H3,(H,39,43)(H,40,44). The molecule has 0 aromatic heterocycles. The summed E-state index contributed by atoms with van der Waals surface area (Å²) in [5, 5.41) is 5.50. The minimum absolute atomic E-state index is 0.142. The molecule has 2 amide bonds. The SMILES string of the molecule is Cc1ccc(N(CC(=O)NCCCCCCNC(=O)CN(c2ccc(C)cc2)S(=O)(=O)c2ccc(F)cc2)S(=O)(=O)c2ccc(F)cc2)cc1. The van der Waals surface area contributed by atoms with Gasteiger partial charge in [0.25, 0.3) is 20.0 Å². The van der Waals surface area contributed by atoms with Gasteiger partial charge in [-0.05, 0) is 99.5 Å². The van der Waals surface area contributed by atoms with Gasteiger partial charge in [-0.3, -0.25) is 18.2 Å². The first-order valence-corrected chi connectivity index (χ1v) is 18.9. The summed E-state index contributed by atoms with van der Waals surface area (Å²) in [6.45, 7) is 3.38. The lowest BCUT2D eigenvalue weighted by molar-refractivity contribution is -0.120. The Kier molecular flexibility index (Phi) is 13.1. The maximum Gasteiger partial charge on any atom is 0.264 e. The summed E-state index contributed by atoms with van der Waals surface area (Å²) < 4.78 is 82.5. The van der Waals surface area contributed by atoms with Gasteiger partial charge in [0, 0.05) is 13.1 Å². The van der Waals surface area contributed by atoms with Gasteiger partial charge in [-0.15, -0.1) is 0 Å². The predicted molar refractivity (Wildman–Crippen MR) is 189 cm³/mol. The van der Waals surface area contributed by atoms with E-state index in [0.29, 0.717) is 50.1 Å². The van der Waals surface area contributed by atoms with Crippen LogP contribution in [-0.2, 0) is 29.6 Å². The van der Waals surface area contributed by atoms with Gasteiger partial charge in [0.05, 0.1) is 21.2 Å². The first kappa shape index (κ1) is 38.0. The largest absolute Gasteiger partial charge is 0.355 e. The van der Waals surface area contributed by atoms with Gasteiger partial charge < -0.3 is 10.6 Å². The minimum Gasteiger partial charge on any atom is -0.355 e. The lowest BCUT2D eigenvalue weighted by atomic mass is 10.2. The fourth-order valence-corrected chi connectivity index (χ4v) is 7.79. The number of aryl methyl sites for hydroxylation is 2. The summed E-state index contributed by atoms with van der Waals surface area (Å²) in [7, 11) is -8.32. The Balaban J connectivity index is 1.23. The summed E-state index contributed by atoms with van der Waals surface area (Å²) in [6, 6.07) is 22.2. The number of sulfonamides is 2. The van der Waals surface area contributed by atoms with E-state index >= 15 is 0 Å². The molecule has 4 aromatic carbocycles. The van der Waals surface area contributed by atoms with Crippen LogP contribution in [0.1, 0.15) is 36.8 Å². The number of hydrogen-bond donors (Lipinski definition) is 2. The molecule has 4 rings (SSSR count). The lowest BCUT2D eigenvalue weighted by Gasteiger charge is -2.24. The van der Waals surface area contributed by atoms with Crippen LogP contribution in [0.2, 0.25) is 0 Å². The monoisotopic (exact) mass is 726 g/mol. The zero-order chi connectivity index (χ0) is 36.3. The van der Waals surface area contributed by atoms with E-state index in [2.05, 4.69) is 10.6 Å². The molecular formula is C36H40F2N4O6S2. The zero-order valence-corrected chi connectivity index (χ0v) is 29.4. The Bertz CT molecular complexity index is 1810. The highest BCUT2D eigenvalue weighted by Gasteiger charge is 2.28. The van der Waals surface area contributed by atoms with Crippen LogP contribution < -0.4 is 19.2 Å². The van der Waals surface area contributed by atoms with Crippen LogP contribution >= 0.6 is 0 Å². The minimum atomic E-state index is -4.16. The molecule has 2 N–H and O–H groups in total. The van der Waals surface area contributed by atoms with Crippen LogP contribution in [0.15, 0.2) is 107 Å². The summed E-state index contributed by atoms with van der Waals surface area (Å²) in [5.41, 5.74) is 2.42. The second-order valence-electron chi connectivity index (χ2n) is 11.7. The molecule has 0 atom stereocenters. The molecule has 50 heavy (non-hydrogen) atoms. The summed E-state index contributed by atoms with van der Waals surface area (Å²) in [6.07, 6.45) is 2.62. The molecule has 0 heterocycles. The van der Waals surface area contributed by atoms with Crippen molar-refractivity contribution in [3.63, 3.8) is 0 Å². The van der Waals surface area contributed by atoms with E-state index in [1.165, 1.54) is 0 Å². The number of rotatable bonds is 17. The third-order valence-corrected chi connectivity index (χ3v) is 11.3. The van der Waals surface area contributed by atoms with E-state index < -0.39 is 56.6 Å². The van der Waals surface area contributed by atoms with Gasteiger partial charge in [-0.1, -0.05) is 48.2 Å². The molecule has 0 saturated carbocycles. The maximum absolute atomic E-state index is 13.5. The van der Waals surface area contributed by atoms with Crippen molar-refractivity contribution in [3.8, 4) is 0 Å². The molecule has 0 aliphatic carbocycles. The average molecular weight is 727 g/mol. The summed E-state index contributed by atoms with van der Waals surface area (Å²) in [4.78, 5) is 25.4. The normalized spacial score (nSPS) is 11.5. The topological polar surface area (TPSA) is 133 Å². The molecule has 0 aliphatic heterocycles. The number of carbonyl (C=O) groups excluding carboxylic acids is 2. The van der Waals surface area contributed by atoms with Gasteiger partial charge in [0.1, 0.15) is 24.7 Å². The van der Waals surface area contributed by atoms with Crippen molar-refractivity contribution in [1.29, 1.82) is 0 Å². The van der Waals surface area contributed by atoms with E-state index in [1.807, 2.05) is 13.8 Å². The van der Waals surface area contributed by atoms with E-state index in [-0.39, 0.29) is 9.79 Å². The number of nitrogens with one attached hydrogen (secondary N) is 2. The number of halogens is 2. The Morgan fingerprint density at radius 2 is 0.840 bits per heavy atom. The molecule has 0 radical (unpaired) electrons. The molecule has 10 nitrogen and oxygen atoms in total. The van der Waals surface area contributed by atoms with E-state index in [9.17, 15) is 35.2 Å². The molecule has 0 fully saturated rings. The highest BCUT2D eigenvalue weighted by Crippen LogP contribution is 2.25. The molecule has 0 bridgehead atoms. The number of carbonyl (C=O) groups is 2. The first-order valence-electron chi connectivity index (χ1n) is 16.0. The highest BCUT2D eigenvalue weighted by molar-refractivity contribution is 7.93. The molecular weight excluding hydrogens is 687 g/mol. The third kappa shape index (κ3) is 10.3. The van der Waals surface area contributed by atoms with Crippen LogP contribution in [-0.4, -0.2) is 54.8 Å². The summed E-state index contributed by atoms with van der Waals surface area (Å²) >= 11 is 0. The molecule has 14 heteroatoms. The van der Waals surface area contributed by atoms with E-state index in [4.69, 9.17) is 0 Å². The molecule has 4 aromatic rings. The van der Waals surface area contributed by atoms with Crippen molar-refractivity contribution in [2.45, 2.75) is 49.3 Å². The second kappa shape index (κ2) is 17.2. The number of benzene rings is 4. The van der Waals surface area contributed by atoms with Gasteiger partial charge in [-0.2, -0.15) is 0 Å². The number of anilines is 2. The fraction of sp³-hybridized carbons (Fsp3) is 0.278. The van der Waals surface area contributed by atoms with E-state index in [0.717, 1.165) is 68.3 Å². The number of unbranched alkanes of at least 4 members (excludes halogenated alkanes) is 3. The van der Waals surface area contributed by atoms with Crippen LogP contribution in [0.4, 0.5) is 20.2 Å². The first-order chi connectivity index (χ1) is 23.8. The van der Waals surface area contributed by atoms with E-state index in [1.54, 1.807) is 48.5 Å². The lowest BCUT2D eigenvalue weighted by Crippen LogP contribution is -2.41. The smallest absolute Gasteiger partial charge is 0.264 e. The molecule has 0 spiro atoms. The Hall–Kier alpha value is -4.82. The molecule has 0 unspecified atom stereocenters. The number of nitrogens with zero attached hydrogens (tertiary/aromatic N) is 2. The Labute approximate surface area is 292 Å². The van der Waals surface area contributed by atoms with Gasteiger partial charge in [0.15, 0.2) is 0 Å². The summed E-state index contributed by atoms with van der Waals surface area (Å²) in [5.74, 6) is -2.16. The van der Waals surface area contributed by atoms with Crippen molar-refractivity contribution >= 4 is 43.2 Å². The van der Waals surface area contributed by atoms with Crippen molar-refractivity contribution in [3.05, 3.63) is 120 Å². The fourth-order valence-electron chi connectivity index (χ4n) is 4.95. The molecule has 0 aliphatic rings. The predicted octanol–water partition coefficient (Wildman–Crippen LogP) is 5.47. The van der Waals surface area contributed by atoms with Crippen LogP contribution in [0.3, 0.4) is 0 Å². The Morgan fingerprint density at radius 3 is 1.16 bits per heavy atom. The zero-order valence-electron chi connectivity index (χ0n) is 27.8. The quantitative estimate of drug-likeness (QED) is 0.139. The van der Waals surface area contributed by atoms with Crippen LogP contribution in [0, 0.1) is 25.5 Å². The van der Waals surface area contributed by atoms with Crippen LogP contribution in [0.25, 0.3) is 0 Å². The third-order valence-electron chi connectivity index (χ3n) is 7.77. The second-order valence-corrected chi connectivity index (χ2v) is 15.4. The van der Waals surface area contributed by atoms with Crippen molar-refractivity contribution in [2.24, 2.45) is 0 Å². The number of hydrogen-bond acceptors (Lipinski definition) is 6. The van der Waals surface area contributed by atoms with Gasteiger partial charge >= 0.3 is 0 Å². The van der Waals surface area contributed by atoms with Crippen molar-refractivity contribution in [1.82, 2.24) is 10.6 Å². The van der Waals surface area contributed by atoms with Gasteiger partial charge in [0.2, 0.25) is 11.8 Å². The molecule has 0 saturated heterocycles. The number of amides is 2. The highest BCUT2D eigenvalue weighted by atomic mass is 32.2.